The average Bonchev–Trinajstić information content (AvgIpc) is 2.15. The molecule has 1 aromatic rings. The highest BCUT2D eigenvalue weighted by atomic mass is 35.5. The molecule has 0 aromatic heterocycles. The van der Waals surface area contributed by atoms with E-state index in [1.54, 1.807) is 32.2 Å². The molecule has 0 fully saturated rings. The van der Waals surface area contributed by atoms with Crippen LogP contribution in [0.25, 0.3) is 0 Å². The summed E-state index contributed by atoms with van der Waals surface area (Å²) < 4.78 is 5.03. The van der Waals surface area contributed by atoms with Gasteiger partial charge in [-0.25, -0.2) is 0 Å². The first kappa shape index (κ1) is 11.3. The number of benzene rings is 1. The molecule has 1 rings (SSSR count). The number of hydrogen-bond donors (Lipinski definition) is 2. The van der Waals surface area contributed by atoms with Gasteiger partial charge in [0.2, 0.25) is 0 Å². The zero-order valence-electron chi connectivity index (χ0n) is 8.20. The minimum atomic E-state index is -0.720. The molecule has 0 bridgehead atoms. The molecule has 0 spiro atoms. The van der Waals surface area contributed by atoms with Crippen molar-refractivity contribution in [3.63, 3.8) is 0 Å². The molecule has 3 N–H and O–H groups in total. The molecule has 0 amide bonds. The maximum absolute atomic E-state index is 9.70. The van der Waals surface area contributed by atoms with Crippen LogP contribution in [0.1, 0.15) is 18.6 Å². The first-order valence-electron chi connectivity index (χ1n) is 4.32. The van der Waals surface area contributed by atoms with E-state index in [2.05, 4.69) is 0 Å². The van der Waals surface area contributed by atoms with Crippen molar-refractivity contribution in [1.82, 2.24) is 0 Å². The monoisotopic (exact) mass is 215 g/mol. The Hall–Kier alpha value is -0.770. The van der Waals surface area contributed by atoms with Gasteiger partial charge in [0.25, 0.3) is 0 Å². The van der Waals surface area contributed by atoms with Gasteiger partial charge in [-0.05, 0) is 30.7 Å². The maximum Gasteiger partial charge on any atom is 0.120 e. The van der Waals surface area contributed by atoms with E-state index in [0.29, 0.717) is 16.3 Å². The summed E-state index contributed by atoms with van der Waals surface area (Å²) in [6.45, 7) is 1.73. The number of aliphatic hydroxyl groups excluding tert-OH is 1. The van der Waals surface area contributed by atoms with Crippen LogP contribution in [0.15, 0.2) is 18.2 Å². The Bertz CT molecular complexity index is 315. The number of nitrogens with two attached hydrogens (primary N) is 1. The second-order valence-electron chi connectivity index (χ2n) is 3.23. The van der Waals surface area contributed by atoms with Crippen LogP contribution in [0.2, 0.25) is 5.02 Å². The Balaban J connectivity index is 3.02. The van der Waals surface area contributed by atoms with Crippen LogP contribution in [-0.4, -0.2) is 18.3 Å². The van der Waals surface area contributed by atoms with E-state index >= 15 is 0 Å². The van der Waals surface area contributed by atoms with Crippen LogP contribution in [0.4, 0.5) is 0 Å². The van der Waals surface area contributed by atoms with Crippen LogP contribution in [0, 0.1) is 0 Å². The summed E-state index contributed by atoms with van der Waals surface area (Å²) in [5.74, 6) is 0.618. The van der Waals surface area contributed by atoms with Crippen LogP contribution >= 0.6 is 11.6 Å². The Morgan fingerprint density at radius 2 is 2.07 bits per heavy atom. The molecule has 0 aliphatic heterocycles. The summed E-state index contributed by atoms with van der Waals surface area (Å²) in [6.07, 6.45) is -0.720. The van der Waals surface area contributed by atoms with E-state index in [4.69, 9.17) is 22.1 Å². The third-order valence-electron chi connectivity index (χ3n) is 1.97. The van der Waals surface area contributed by atoms with Crippen molar-refractivity contribution >= 4 is 11.6 Å². The molecule has 0 aliphatic rings. The van der Waals surface area contributed by atoms with Gasteiger partial charge in [0.05, 0.1) is 13.2 Å². The lowest BCUT2D eigenvalue weighted by Crippen LogP contribution is -2.24. The average molecular weight is 216 g/mol. The summed E-state index contributed by atoms with van der Waals surface area (Å²) in [7, 11) is 1.55. The molecule has 0 aliphatic carbocycles. The van der Waals surface area contributed by atoms with Gasteiger partial charge in [-0.1, -0.05) is 11.6 Å². The molecule has 78 valence electrons. The molecule has 2 unspecified atom stereocenters. The number of rotatable bonds is 3. The van der Waals surface area contributed by atoms with Crippen molar-refractivity contribution in [2.45, 2.75) is 19.1 Å². The van der Waals surface area contributed by atoms with Crippen molar-refractivity contribution in [1.29, 1.82) is 0 Å². The predicted molar refractivity (Wildman–Crippen MR) is 56.6 cm³/mol. The van der Waals surface area contributed by atoms with E-state index in [1.165, 1.54) is 0 Å². The smallest absolute Gasteiger partial charge is 0.120 e. The molecule has 0 heterocycles. The lowest BCUT2D eigenvalue weighted by molar-refractivity contribution is 0.153. The van der Waals surface area contributed by atoms with E-state index in [1.807, 2.05) is 0 Å². The van der Waals surface area contributed by atoms with Gasteiger partial charge < -0.3 is 15.6 Å². The minimum Gasteiger partial charge on any atom is -0.497 e. The van der Waals surface area contributed by atoms with Crippen LogP contribution in [0.5, 0.6) is 5.75 Å². The van der Waals surface area contributed by atoms with E-state index in [-0.39, 0.29) is 6.04 Å². The first-order chi connectivity index (χ1) is 6.54. The highest BCUT2D eigenvalue weighted by Crippen LogP contribution is 2.25. The van der Waals surface area contributed by atoms with Crippen LogP contribution in [-0.2, 0) is 0 Å². The number of aliphatic hydroxyl groups is 1. The maximum atomic E-state index is 9.70. The standard InChI is InChI=1S/C10H14ClNO2/c1-6(12)10(13)7-3-8(11)5-9(4-7)14-2/h3-6,10,13H,12H2,1-2H3. The highest BCUT2D eigenvalue weighted by molar-refractivity contribution is 6.30. The van der Waals surface area contributed by atoms with E-state index in [9.17, 15) is 5.11 Å². The lowest BCUT2D eigenvalue weighted by Gasteiger charge is -2.15. The van der Waals surface area contributed by atoms with Crippen molar-refractivity contribution in [2.24, 2.45) is 5.73 Å². The molecule has 0 saturated heterocycles. The molecule has 0 saturated carbocycles. The number of halogens is 1. The molecule has 4 heteroatoms. The molecule has 3 nitrogen and oxygen atoms in total. The van der Waals surface area contributed by atoms with Crippen molar-refractivity contribution in [3.8, 4) is 5.75 Å². The van der Waals surface area contributed by atoms with Gasteiger partial charge in [-0.15, -0.1) is 0 Å². The summed E-state index contributed by atoms with van der Waals surface area (Å²) in [4.78, 5) is 0. The quantitative estimate of drug-likeness (QED) is 0.808. The predicted octanol–water partition coefficient (Wildman–Crippen LogP) is 1.73. The van der Waals surface area contributed by atoms with Crippen molar-refractivity contribution < 1.29 is 9.84 Å². The lowest BCUT2D eigenvalue weighted by atomic mass is 10.0. The summed E-state index contributed by atoms with van der Waals surface area (Å²) in [6, 6.07) is 4.75. The number of hydrogen-bond acceptors (Lipinski definition) is 3. The molecule has 1 aromatic carbocycles. The molecule has 0 radical (unpaired) electrons. The van der Waals surface area contributed by atoms with Gasteiger partial charge in [-0.2, -0.15) is 0 Å². The van der Waals surface area contributed by atoms with Crippen molar-refractivity contribution in [3.05, 3.63) is 28.8 Å². The minimum absolute atomic E-state index is 0.335. The Morgan fingerprint density at radius 1 is 1.43 bits per heavy atom. The Kier molecular flexibility index (Phi) is 3.75. The van der Waals surface area contributed by atoms with Crippen LogP contribution in [0.3, 0.4) is 0 Å². The zero-order chi connectivity index (χ0) is 10.7. The SMILES string of the molecule is COc1cc(Cl)cc(C(O)C(C)N)c1. The number of methoxy groups -OCH3 is 1. The van der Waals surface area contributed by atoms with E-state index < -0.39 is 6.10 Å². The fourth-order valence-corrected chi connectivity index (χ4v) is 1.41. The fraction of sp³-hybridized carbons (Fsp3) is 0.400. The Morgan fingerprint density at radius 3 is 2.57 bits per heavy atom. The molecule has 14 heavy (non-hydrogen) atoms. The summed E-state index contributed by atoms with van der Waals surface area (Å²) in [5.41, 5.74) is 6.25. The topological polar surface area (TPSA) is 55.5 Å². The van der Waals surface area contributed by atoms with Gasteiger partial charge in [0.15, 0.2) is 0 Å². The first-order valence-corrected chi connectivity index (χ1v) is 4.70. The van der Waals surface area contributed by atoms with Crippen molar-refractivity contribution in [2.75, 3.05) is 7.11 Å². The van der Waals surface area contributed by atoms with Gasteiger partial charge in [-0.3, -0.25) is 0 Å². The van der Waals surface area contributed by atoms with Gasteiger partial charge in [0, 0.05) is 11.1 Å². The zero-order valence-corrected chi connectivity index (χ0v) is 8.95. The highest BCUT2D eigenvalue weighted by Gasteiger charge is 2.13. The largest absolute Gasteiger partial charge is 0.497 e. The fourth-order valence-electron chi connectivity index (χ4n) is 1.18. The third kappa shape index (κ3) is 2.61. The van der Waals surface area contributed by atoms with Gasteiger partial charge in [0.1, 0.15) is 5.75 Å². The molecule has 2 atom stereocenters. The normalized spacial score (nSPS) is 14.9. The second kappa shape index (κ2) is 4.64. The summed E-state index contributed by atoms with van der Waals surface area (Å²) >= 11 is 5.85. The van der Waals surface area contributed by atoms with Crippen LogP contribution < -0.4 is 10.5 Å². The van der Waals surface area contributed by atoms with Gasteiger partial charge >= 0.3 is 0 Å². The third-order valence-corrected chi connectivity index (χ3v) is 2.19. The Labute approximate surface area is 88.4 Å². The number of ether oxygens (including phenoxy) is 1. The summed E-state index contributed by atoms with van der Waals surface area (Å²) in [5, 5.41) is 10.2. The molecular weight excluding hydrogens is 202 g/mol. The second-order valence-corrected chi connectivity index (χ2v) is 3.66. The van der Waals surface area contributed by atoms with E-state index in [0.717, 1.165) is 0 Å². The molecular formula is C10H14ClNO2.